The number of nitrogens with zero attached hydrogens (tertiary/aromatic N) is 1. The van der Waals surface area contributed by atoms with Gasteiger partial charge in [-0.05, 0) is 49.4 Å². The molecule has 5 nitrogen and oxygen atoms in total. The summed E-state index contributed by atoms with van der Waals surface area (Å²) in [4.78, 5) is 11.3. The van der Waals surface area contributed by atoms with Crippen LogP contribution in [0, 0.1) is 28.6 Å². The largest absolute Gasteiger partial charge is 0.239 e. The van der Waals surface area contributed by atoms with E-state index in [9.17, 15) is 4.91 Å². The van der Waals surface area contributed by atoms with Crippen LogP contribution in [0.25, 0.3) is 0 Å². The second kappa shape index (κ2) is 4.25. The fraction of sp³-hybridized carbons (Fsp3) is 1.00. The van der Waals surface area contributed by atoms with E-state index in [0.29, 0.717) is 23.9 Å². The van der Waals surface area contributed by atoms with Crippen LogP contribution in [0.2, 0.25) is 0 Å². The Morgan fingerprint density at radius 1 is 0.833 bits per heavy atom. The van der Waals surface area contributed by atoms with Gasteiger partial charge in [-0.25, -0.2) is 10.9 Å². The summed E-state index contributed by atoms with van der Waals surface area (Å²) in [7, 11) is 0. The molecular formula is C13H22N4O. The minimum absolute atomic E-state index is 0.101. The monoisotopic (exact) mass is 250 g/mol. The molecule has 0 amide bonds. The van der Waals surface area contributed by atoms with Crippen molar-refractivity contribution in [2.45, 2.75) is 56.7 Å². The molecule has 4 aliphatic rings. The molecule has 4 fully saturated rings. The first-order valence-corrected chi connectivity index (χ1v) is 7.47. The fourth-order valence-corrected chi connectivity index (χ4v) is 5.31. The molecule has 7 atom stereocenters. The van der Waals surface area contributed by atoms with Crippen molar-refractivity contribution in [3.63, 3.8) is 0 Å². The van der Waals surface area contributed by atoms with E-state index in [0.717, 1.165) is 18.3 Å². The molecule has 18 heavy (non-hydrogen) atoms. The van der Waals surface area contributed by atoms with Crippen molar-refractivity contribution in [1.82, 2.24) is 16.4 Å². The molecule has 1 heterocycles. The number of hydrogen-bond acceptors (Lipinski definition) is 5. The third-order valence-electron chi connectivity index (χ3n) is 6.03. The molecule has 4 rings (SSSR count). The number of nitroso groups, excluding NO2 is 1. The van der Waals surface area contributed by atoms with Gasteiger partial charge in [-0.2, -0.15) is 10.4 Å². The highest BCUT2D eigenvalue weighted by molar-refractivity contribution is 5.08. The van der Waals surface area contributed by atoms with Gasteiger partial charge in [0.15, 0.2) is 0 Å². The molecule has 0 aromatic carbocycles. The molecule has 1 saturated heterocycles. The van der Waals surface area contributed by atoms with E-state index >= 15 is 0 Å². The maximum atomic E-state index is 11.3. The van der Waals surface area contributed by atoms with Crippen molar-refractivity contribution in [2.24, 2.45) is 28.8 Å². The lowest BCUT2D eigenvalue weighted by Gasteiger charge is -2.37. The predicted molar refractivity (Wildman–Crippen MR) is 68.2 cm³/mol. The molecule has 1 aliphatic heterocycles. The van der Waals surface area contributed by atoms with Crippen LogP contribution in [0.4, 0.5) is 0 Å². The van der Waals surface area contributed by atoms with Crippen molar-refractivity contribution in [3.05, 3.63) is 4.91 Å². The van der Waals surface area contributed by atoms with Gasteiger partial charge in [0.1, 0.15) is 0 Å². The van der Waals surface area contributed by atoms with E-state index in [2.05, 4.69) is 21.6 Å². The van der Waals surface area contributed by atoms with Crippen molar-refractivity contribution < 1.29 is 0 Å². The predicted octanol–water partition coefficient (Wildman–Crippen LogP) is 1.32. The van der Waals surface area contributed by atoms with E-state index in [1.54, 1.807) is 0 Å². The normalized spacial score (nSPS) is 54.6. The van der Waals surface area contributed by atoms with Gasteiger partial charge in [-0.15, -0.1) is 0 Å². The summed E-state index contributed by atoms with van der Waals surface area (Å²) in [5, 5.41) is 3.55. The molecule has 3 N–H and O–H groups in total. The first-order chi connectivity index (χ1) is 8.88. The van der Waals surface area contributed by atoms with Gasteiger partial charge in [0.2, 0.25) is 0 Å². The molecule has 0 aromatic heterocycles. The Kier molecular flexibility index (Phi) is 2.67. The van der Waals surface area contributed by atoms with Gasteiger partial charge in [-0.3, -0.25) is 0 Å². The van der Waals surface area contributed by atoms with Crippen LogP contribution in [0.15, 0.2) is 5.18 Å². The number of nitrogens with one attached hydrogen (secondary N) is 3. The number of fused-ring (bicyclic) bond motifs is 4. The summed E-state index contributed by atoms with van der Waals surface area (Å²) in [5.41, 5.74) is 9.67. The first-order valence-electron chi connectivity index (χ1n) is 7.47. The Hall–Kier alpha value is -0.520. The lowest BCUT2D eigenvalue weighted by molar-refractivity contribution is 0.157. The second-order valence-corrected chi connectivity index (χ2v) is 6.63. The molecule has 0 aromatic rings. The second-order valence-electron chi connectivity index (χ2n) is 6.63. The summed E-state index contributed by atoms with van der Waals surface area (Å²) in [6.45, 7) is 0. The topological polar surface area (TPSA) is 65.5 Å². The van der Waals surface area contributed by atoms with Crippen molar-refractivity contribution >= 4 is 0 Å². The van der Waals surface area contributed by atoms with E-state index in [4.69, 9.17) is 0 Å². The fourth-order valence-electron chi connectivity index (χ4n) is 5.31. The van der Waals surface area contributed by atoms with Crippen molar-refractivity contribution in [3.8, 4) is 0 Å². The average molecular weight is 250 g/mol. The molecule has 5 heteroatoms. The lowest BCUT2D eigenvalue weighted by Crippen LogP contribution is -2.45. The Balaban J connectivity index is 1.62. The third kappa shape index (κ3) is 1.50. The van der Waals surface area contributed by atoms with E-state index in [1.165, 1.54) is 32.1 Å². The smallest absolute Gasteiger partial charge is 0.0981 e. The zero-order valence-electron chi connectivity index (χ0n) is 10.6. The maximum absolute atomic E-state index is 11.3. The SMILES string of the molecule is O=NC1C2CCCCC2C2CC3NNNC3CC21. The standard InChI is InChI=1S/C13H22N4O/c18-16-13-8-4-2-1-3-7(8)9-5-11-12(6-10(9)13)15-17-14-11/h7-15,17H,1-6H2. The number of rotatable bonds is 1. The van der Waals surface area contributed by atoms with Gasteiger partial charge in [0.05, 0.1) is 6.04 Å². The average Bonchev–Trinajstić information content (AvgIpc) is 2.97. The Morgan fingerprint density at radius 2 is 1.50 bits per heavy atom. The van der Waals surface area contributed by atoms with Gasteiger partial charge in [0.25, 0.3) is 0 Å². The Morgan fingerprint density at radius 3 is 2.22 bits per heavy atom. The van der Waals surface area contributed by atoms with Gasteiger partial charge < -0.3 is 0 Å². The summed E-state index contributed by atoms with van der Waals surface area (Å²) in [6, 6.07) is 1.12. The highest BCUT2D eigenvalue weighted by Crippen LogP contribution is 2.55. The van der Waals surface area contributed by atoms with Crippen LogP contribution in [0.3, 0.4) is 0 Å². The Labute approximate surface area is 107 Å². The van der Waals surface area contributed by atoms with Crippen LogP contribution < -0.4 is 16.4 Å². The molecule has 0 bridgehead atoms. The van der Waals surface area contributed by atoms with Gasteiger partial charge >= 0.3 is 0 Å². The molecule has 100 valence electrons. The quantitative estimate of drug-likeness (QED) is 0.614. The van der Waals surface area contributed by atoms with E-state index in [-0.39, 0.29) is 6.04 Å². The summed E-state index contributed by atoms with van der Waals surface area (Å²) in [5.74, 6) is 2.63. The summed E-state index contributed by atoms with van der Waals surface area (Å²) in [6.07, 6.45) is 7.55. The zero-order chi connectivity index (χ0) is 12.1. The molecule has 7 unspecified atom stereocenters. The maximum Gasteiger partial charge on any atom is 0.0981 e. The zero-order valence-corrected chi connectivity index (χ0v) is 10.6. The number of hydrazine groups is 2. The highest BCUT2D eigenvalue weighted by atomic mass is 16.3. The minimum atomic E-state index is 0.101. The van der Waals surface area contributed by atoms with E-state index in [1.807, 2.05) is 0 Å². The van der Waals surface area contributed by atoms with Gasteiger partial charge in [0, 0.05) is 12.1 Å². The summed E-state index contributed by atoms with van der Waals surface area (Å²) >= 11 is 0. The third-order valence-corrected chi connectivity index (χ3v) is 6.03. The molecule has 0 spiro atoms. The Bertz CT molecular complexity index is 350. The van der Waals surface area contributed by atoms with Crippen LogP contribution >= 0.6 is 0 Å². The highest BCUT2D eigenvalue weighted by Gasteiger charge is 2.55. The molecule has 3 saturated carbocycles. The van der Waals surface area contributed by atoms with Crippen LogP contribution in [0.1, 0.15) is 38.5 Å². The molecule has 0 radical (unpaired) electrons. The molecular weight excluding hydrogens is 228 g/mol. The number of hydrogen-bond donors (Lipinski definition) is 3. The molecule has 3 aliphatic carbocycles. The van der Waals surface area contributed by atoms with Crippen LogP contribution in [-0.4, -0.2) is 18.1 Å². The lowest BCUT2D eigenvalue weighted by atomic mass is 9.71. The first kappa shape index (κ1) is 11.3. The minimum Gasteiger partial charge on any atom is -0.239 e. The van der Waals surface area contributed by atoms with E-state index < -0.39 is 0 Å². The van der Waals surface area contributed by atoms with Crippen molar-refractivity contribution in [1.29, 1.82) is 0 Å². The van der Waals surface area contributed by atoms with Crippen LogP contribution in [-0.2, 0) is 0 Å². The van der Waals surface area contributed by atoms with Crippen molar-refractivity contribution in [2.75, 3.05) is 0 Å². The summed E-state index contributed by atoms with van der Waals surface area (Å²) < 4.78 is 0. The van der Waals surface area contributed by atoms with Crippen LogP contribution in [0.5, 0.6) is 0 Å². The van der Waals surface area contributed by atoms with Gasteiger partial charge in [-0.1, -0.05) is 18.0 Å².